The highest BCUT2D eigenvalue weighted by Gasteiger charge is 2.26. The van der Waals surface area contributed by atoms with E-state index in [9.17, 15) is 0 Å². The van der Waals surface area contributed by atoms with E-state index in [2.05, 4.69) is 32.8 Å². The first-order chi connectivity index (χ1) is 8.31. The molecule has 2 nitrogen and oxygen atoms in total. The molecular weight excluding hydrogens is 276 g/mol. The van der Waals surface area contributed by atoms with Crippen LogP contribution in [0.3, 0.4) is 0 Å². The van der Waals surface area contributed by atoms with Crippen LogP contribution in [0.5, 0.6) is 0 Å². The fraction of sp³-hybridized carbons (Fsp3) is 1.00. The largest absolute Gasteiger partial charge is 0.303 e. The van der Waals surface area contributed by atoms with Crippen LogP contribution in [0.25, 0.3) is 0 Å². The fourth-order valence-electron chi connectivity index (χ4n) is 3.16. The molecule has 1 atom stereocenters. The Morgan fingerprint density at radius 1 is 1.12 bits per heavy atom. The van der Waals surface area contributed by atoms with Gasteiger partial charge in [-0.05, 0) is 52.2 Å². The zero-order chi connectivity index (χ0) is 12.1. The van der Waals surface area contributed by atoms with Crippen LogP contribution in [0.2, 0.25) is 0 Å². The summed E-state index contributed by atoms with van der Waals surface area (Å²) in [5.74, 6) is 0. The number of halogens is 1. The SMILES string of the molecule is CN1CCCCC1CCN(CCBr)C1CCC1. The van der Waals surface area contributed by atoms with E-state index >= 15 is 0 Å². The Morgan fingerprint density at radius 3 is 2.53 bits per heavy atom. The van der Waals surface area contributed by atoms with Gasteiger partial charge in [-0.3, -0.25) is 4.90 Å². The molecule has 1 saturated carbocycles. The third-order valence-corrected chi connectivity index (χ3v) is 4.99. The van der Waals surface area contributed by atoms with E-state index in [1.54, 1.807) is 0 Å². The van der Waals surface area contributed by atoms with Crippen molar-refractivity contribution in [1.29, 1.82) is 0 Å². The minimum atomic E-state index is 0.849. The molecular formula is C14H27BrN2. The number of piperidine rings is 1. The zero-order valence-corrected chi connectivity index (χ0v) is 12.8. The van der Waals surface area contributed by atoms with Crippen LogP contribution in [0.15, 0.2) is 0 Å². The summed E-state index contributed by atoms with van der Waals surface area (Å²) in [7, 11) is 2.31. The lowest BCUT2D eigenvalue weighted by molar-refractivity contribution is 0.106. The predicted octanol–water partition coefficient (Wildman–Crippen LogP) is 3.11. The van der Waals surface area contributed by atoms with Gasteiger partial charge in [-0.2, -0.15) is 0 Å². The molecule has 0 aromatic rings. The molecule has 2 aliphatic rings. The van der Waals surface area contributed by atoms with Crippen LogP contribution in [0, 0.1) is 0 Å². The second kappa shape index (κ2) is 7.10. The van der Waals surface area contributed by atoms with Gasteiger partial charge < -0.3 is 4.90 Å². The van der Waals surface area contributed by atoms with Crippen molar-refractivity contribution in [3.63, 3.8) is 0 Å². The van der Waals surface area contributed by atoms with Gasteiger partial charge in [-0.25, -0.2) is 0 Å². The standard InChI is InChI=1S/C14H27BrN2/c1-16-10-3-2-5-13(16)8-11-17(12-9-15)14-6-4-7-14/h13-14H,2-12H2,1H3. The molecule has 3 heteroatoms. The second-order valence-corrected chi connectivity index (χ2v) is 6.52. The molecule has 1 heterocycles. The predicted molar refractivity (Wildman–Crippen MR) is 77.9 cm³/mol. The highest BCUT2D eigenvalue weighted by atomic mass is 79.9. The zero-order valence-electron chi connectivity index (χ0n) is 11.2. The highest BCUT2D eigenvalue weighted by Crippen LogP contribution is 2.26. The van der Waals surface area contributed by atoms with Crippen LogP contribution in [-0.4, -0.2) is 53.9 Å². The van der Waals surface area contributed by atoms with Crippen LogP contribution in [0.4, 0.5) is 0 Å². The number of likely N-dealkylation sites (tertiary alicyclic amines) is 1. The van der Waals surface area contributed by atoms with Crippen molar-refractivity contribution < 1.29 is 0 Å². The van der Waals surface area contributed by atoms with Crippen molar-refractivity contribution in [3.8, 4) is 0 Å². The van der Waals surface area contributed by atoms with Gasteiger partial charge in [0.15, 0.2) is 0 Å². The van der Waals surface area contributed by atoms with E-state index in [-0.39, 0.29) is 0 Å². The van der Waals surface area contributed by atoms with Gasteiger partial charge in [0.1, 0.15) is 0 Å². The lowest BCUT2D eigenvalue weighted by Gasteiger charge is -2.39. The quantitative estimate of drug-likeness (QED) is 0.696. The molecule has 0 N–H and O–H groups in total. The Bertz CT molecular complexity index is 218. The molecule has 0 radical (unpaired) electrons. The summed E-state index contributed by atoms with van der Waals surface area (Å²) in [5, 5.41) is 1.13. The Hall–Kier alpha value is 0.400. The third kappa shape index (κ3) is 3.93. The van der Waals surface area contributed by atoms with Gasteiger partial charge in [0.2, 0.25) is 0 Å². The van der Waals surface area contributed by atoms with Gasteiger partial charge in [0.25, 0.3) is 0 Å². The summed E-state index contributed by atoms with van der Waals surface area (Å²) < 4.78 is 0. The number of rotatable bonds is 6. The van der Waals surface area contributed by atoms with Gasteiger partial charge in [-0.15, -0.1) is 0 Å². The minimum absolute atomic E-state index is 0.849. The Labute approximate surface area is 115 Å². The molecule has 0 spiro atoms. The maximum atomic E-state index is 3.60. The lowest BCUT2D eigenvalue weighted by Crippen LogP contribution is -2.44. The smallest absolute Gasteiger partial charge is 0.0159 e. The number of alkyl halides is 1. The average Bonchev–Trinajstić information content (AvgIpc) is 2.25. The average molecular weight is 303 g/mol. The van der Waals surface area contributed by atoms with Gasteiger partial charge >= 0.3 is 0 Å². The van der Waals surface area contributed by atoms with Gasteiger partial charge in [0.05, 0.1) is 0 Å². The van der Waals surface area contributed by atoms with Crippen molar-refractivity contribution in [2.75, 3.05) is 32.0 Å². The summed E-state index contributed by atoms with van der Waals surface area (Å²) in [4.78, 5) is 5.30. The third-order valence-electron chi connectivity index (χ3n) is 4.63. The molecule has 1 unspecified atom stereocenters. The fourth-order valence-corrected chi connectivity index (χ4v) is 3.62. The Morgan fingerprint density at radius 2 is 1.94 bits per heavy atom. The first-order valence-electron chi connectivity index (χ1n) is 7.31. The molecule has 0 amide bonds. The summed E-state index contributed by atoms with van der Waals surface area (Å²) in [6, 6.07) is 1.75. The summed E-state index contributed by atoms with van der Waals surface area (Å²) in [6.45, 7) is 3.86. The molecule has 1 saturated heterocycles. The molecule has 0 aromatic heterocycles. The summed E-state index contributed by atoms with van der Waals surface area (Å²) >= 11 is 3.60. The van der Waals surface area contributed by atoms with Gasteiger partial charge in [0, 0.05) is 24.0 Å². The molecule has 0 bridgehead atoms. The van der Waals surface area contributed by atoms with Crippen LogP contribution in [0.1, 0.15) is 44.9 Å². The maximum Gasteiger partial charge on any atom is 0.0159 e. The van der Waals surface area contributed by atoms with Crippen LogP contribution in [-0.2, 0) is 0 Å². The molecule has 100 valence electrons. The van der Waals surface area contributed by atoms with E-state index in [1.165, 1.54) is 64.6 Å². The Kier molecular flexibility index (Phi) is 5.78. The maximum absolute atomic E-state index is 3.60. The van der Waals surface area contributed by atoms with Crippen molar-refractivity contribution in [3.05, 3.63) is 0 Å². The Balaban J connectivity index is 1.73. The molecule has 0 aromatic carbocycles. The highest BCUT2D eigenvalue weighted by molar-refractivity contribution is 9.09. The second-order valence-electron chi connectivity index (χ2n) is 5.73. The topological polar surface area (TPSA) is 6.48 Å². The molecule has 1 aliphatic heterocycles. The lowest BCUT2D eigenvalue weighted by atomic mass is 9.91. The number of hydrogen-bond donors (Lipinski definition) is 0. The molecule has 1 aliphatic carbocycles. The number of hydrogen-bond acceptors (Lipinski definition) is 2. The molecule has 2 fully saturated rings. The van der Waals surface area contributed by atoms with E-state index in [0.29, 0.717) is 0 Å². The van der Waals surface area contributed by atoms with Crippen LogP contribution < -0.4 is 0 Å². The van der Waals surface area contributed by atoms with Gasteiger partial charge in [-0.1, -0.05) is 28.8 Å². The van der Waals surface area contributed by atoms with E-state index < -0.39 is 0 Å². The minimum Gasteiger partial charge on any atom is -0.303 e. The van der Waals surface area contributed by atoms with Crippen molar-refractivity contribution in [2.45, 2.75) is 57.0 Å². The first-order valence-corrected chi connectivity index (χ1v) is 8.43. The van der Waals surface area contributed by atoms with Crippen molar-refractivity contribution in [2.24, 2.45) is 0 Å². The monoisotopic (exact) mass is 302 g/mol. The first kappa shape index (κ1) is 13.8. The normalized spacial score (nSPS) is 27.4. The van der Waals surface area contributed by atoms with Crippen LogP contribution >= 0.6 is 15.9 Å². The molecule has 17 heavy (non-hydrogen) atoms. The summed E-state index contributed by atoms with van der Waals surface area (Å²) in [5.41, 5.74) is 0. The van der Waals surface area contributed by atoms with E-state index in [0.717, 1.165) is 17.4 Å². The summed E-state index contributed by atoms with van der Waals surface area (Å²) in [6.07, 6.45) is 9.97. The number of nitrogens with zero attached hydrogens (tertiary/aromatic N) is 2. The van der Waals surface area contributed by atoms with E-state index in [4.69, 9.17) is 0 Å². The van der Waals surface area contributed by atoms with Crippen molar-refractivity contribution in [1.82, 2.24) is 9.80 Å². The van der Waals surface area contributed by atoms with Crippen molar-refractivity contribution >= 4 is 15.9 Å². The molecule has 2 rings (SSSR count). The van der Waals surface area contributed by atoms with E-state index in [1.807, 2.05) is 0 Å².